The molecule has 1 saturated heterocycles. The minimum Gasteiger partial charge on any atom is -0.377 e. The van der Waals surface area contributed by atoms with Crippen LogP contribution in [0.5, 0.6) is 0 Å². The summed E-state index contributed by atoms with van der Waals surface area (Å²) in [5, 5.41) is 11.8. The molecule has 0 aromatic carbocycles. The molecule has 0 spiro atoms. The molecule has 1 aliphatic carbocycles. The second-order valence-corrected chi connectivity index (χ2v) is 9.22. The molecular weight excluding hydrogens is 432 g/mol. The molecule has 3 aromatic rings. The number of pyridine rings is 1. The summed E-state index contributed by atoms with van der Waals surface area (Å²) in [6, 6.07) is 4.03. The number of alkyl halides is 2. The van der Waals surface area contributed by atoms with E-state index in [1.807, 2.05) is 16.8 Å². The van der Waals surface area contributed by atoms with Crippen molar-refractivity contribution in [3.63, 3.8) is 0 Å². The van der Waals surface area contributed by atoms with Gasteiger partial charge in [0.25, 0.3) is 0 Å². The number of morpholine rings is 1. The Morgan fingerprint density at radius 2 is 2.12 bits per heavy atom. The summed E-state index contributed by atoms with van der Waals surface area (Å²) in [6.07, 6.45) is 0.952. The molecule has 0 bridgehead atoms. The van der Waals surface area contributed by atoms with Gasteiger partial charge in [-0.05, 0) is 19.1 Å². The van der Waals surface area contributed by atoms with Gasteiger partial charge in [-0.2, -0.15) is 10.2 Å². The number of hydrogen-bond donors (Lipinski definition) is 1. The van der Waals surface area contributed by atoms with Crippen molar-refractivity contribution in [2.75, 3.05) is 31.2 Å². The van der Waals surface area contributed by atoms with E-state index in [-0.39, 0.29) is 24.8 Å². The number of nitrogens with zero attached hydrogens (tertiary/aromatic N) is 6. The lowest BCUT2D eigenvalue weighted by Gasteiger charge is -2.37. The summed E-state index contributed by atoms with van der Waals surface area (Å²) >= 11 is 0. The molecule has 11 heteroatoms. The summed E-state index contributed by atoms with van der Waals surface area (Å²) < 4.78 is 34.3. The average Bonchev–Trinajstić information content (AvgIpc) is 3.38. The molecule has 5 heterocycles. The maximum Gasteiger partial charge on any atom is 0.249 e. The van der Waals surface area contributed by atoms with Gasteiger partial charge in [-0.25, -0.2) is 13.8 Å². The third-order valence-electron chi connectivity index (χ3n) is 6.87. The number of carbonyl (C=O) groups excluding carboxylic acids is 1. The van der Waals surface area contributed by atoms with Gasteiger partial charge in [-0.3, -0.25) is 14.6 Å². The number of H-pyrrole nitrogens is 1. The Kier molecular flexibility index (Phi) is 4.65. The Labute approximate surface area is 188 Å². The highest BCUT2D eigenvalue weighted by Crippen LogP contribution is 2.43. The van der Waals surface area contributed by atoms with Crippen LogP contribution >= 0.6 is 0 Å². The lowest BCUT2D eigenvalue weighted by Crippen LogP contribution is -2.47. The predicted molar refractivity (Wildman–Crippen MR) is 116 cm³/mol. The molecular formula is C22H25F2N7O2. The highest BCUT2D eigenvalue weighted by molar-refractivity contribution is 5.93. The van der Waals surface area contributed by atoms with Gasteiger partial charge in [0.2, 0.25) is 11.8 Å². The standard InChI is InChI=1S/C22H25F2N7O2/c1-13-12-33-7-6-30(13)17-8-14-11-29(21(32)15-9-22(23,24)10-15)4-5-31-20(14)19(26-17)18(28-31)16-2-3-25-27-16/h2-3,8,13,15H,4-7,9-12H2,1H3,(H,25,27)/t13-/m1/s1. The average molecular weight is 457 g/mol. The van der Waals surface area contributed by atoms with Crippen LogP contribution in [-0.2, 0) is 22.6 Å². The van der Waals surface area contributed by atoms with E-state index in [1.54, 1.807) is 11.1 Å². The molecule has 1 atom stereocenters. The van der Waals surface area contributed by atoms with Crippen molar-refractivity contribution in [3.05, 3.63) is 23.9 Å². The zero-order valence-corrected chi connectivity index (χ0v) is 18.3. The van der Waals surface area contributed by atoms with Gasteiger partial charge >= 0.3 is 0 Å². The fourth-order valence-electron chi connectivity index (χ4n) is 5.10. The number of halogens is 2. The number of carbonyl (C=O) groups is 1. The summed E-state index contributed by atoms with van der Waals surface area (Å²) in [5.74, 6) is -2.73. The molecule has 9 nitrogen and oxygen atoms in total. The first kappa shape index (κ1) is 20.5. The molecule has 0 unspecified atom stereocenters. The molecule has 3 aromatic heterocycles. The minimum atomic E-state index is -2.72. The van der Waals surface area contributed by atoms with E-state index in [0.717, 1.165) is 28.1 Å². The van der Waals surface area contributed by atoms with Crippen molar-refractivity contribution >= 4 is 22.8 Å². The third-order valence-corrected chi connectivity index (χ3v) is 6.87. The number of hydrogen-bond acceptors (Lipinski definition) is 6. The molecule has 0 radical (unpaired) electrons. The van der Waals surface area contributed by atoms with Gasteiger partial charge in [-0.15, -0.1) is 0 Å². The Balaban J connectivity index is 1.43. The fourth-order valence-corrected chi connectivity index (χ4v) is 5.10. The number of amides is 1. The zero-order valence-electron chi connectivity index (χ0n) is 18.3. The maximum atomic E-state index is 13.4. The van der Waals surface area contributed by atoms with Crippen LogP contribution in [0.1, 0.15) is 25.3 Å². The smallest absolute Gasteiger partial charge is 0.249 e. The van der Waals surface area contributed by atoms with Crippen LogP contribution in [0.2, 0.25) is 0 Å². The van der Waals surface area contributed by atoms with Crippen LogP contribution in [0, 0.1) is 5.92 Å². The first-order chi connectivity index (χ1) is 15.9. The molecule has 1 amide bonds. The first-order valence-corrected chi connectivity index (χ1v) is 11.3. The molecule has 2 fully saturated rings. The monoisotopic (exact) mass is 457 g/mol. The number of aromatic amines is 1. The van der Waals surface area contributed by atoms with E-state index in [9.17, 15) is 13.6 Å². The molecule has 3 aliphatic rings. The van der Waals surface area contributed by atoms with Crippen LogP contribution in [0.3, 0.4) is 0 Å². The summed E-state index contributed by atoms with van der Waals surface area (Å²) in [6.45, 7) is 5.27. The molecule has 174 valence electrons. The van der Waals surface area contributed by atoms with Gasteiger partial charge in [0.1, 0.15) is 17.0 Å². The minimum absolute atomic E-state index is 0.155. The fraction of sp³-hybridized carbons (Fsp3) is 0.545. The van der Waals surface area contributed by atoms with Gasteiger partial charge in [0.15, 0.2) is 0 Å². The molecule has 2 aliphatic heterocycles. The van der Waals surface area contributed by atoms with Gasteiger partial charge in [0.05, 0.1) is 37.0 Å². The van der Waals surface area contributed by atoms with Crippen LogP contribution in [0.25, 0.3) is 22.4 Å². The van der Waals surface area contributed by atoms with Crippen LogP contribution < -0.4 is 4.90 Å². The van der Waals surface area contributed by atoms with Gasteiger partial charge in [-0.1, -0.05) is 0 Å². The Bertz CT molecular complexity index is 1200. The summed E-state index contributed by atoms with van der Waals surface area (Å²) in [5.41, 5.74) is 4.02. The lowest BCUT2D eigenvalue weighted by atomic mass is 9.80. The topological polar surface area (TPSA) is 92.2 Å². The predicted octanol–water partition coefficient (Wildman–Crippen LogP) is 2.43. The summed E-state index contributed by atoms with van der Waals surface area (Å²) in [7, 11) is 0. The van der Waals surface area contributed by atoms with Crippen molar-refractivity contribution < 1.29 is 18.3 Å². The molecule has 1 N–H and O–H groups in total. The first-order valence-electron chi connectivity index (χ1n) is 11.3. The van der Waals surface area contributed by atoms with E-state index in [4.69, 9.17) is 14.8 Å². The molecule has 1 saturated carbocycles. The van der Waals surface area contributed by atoms with Crippen molar-refractivity contribution in [1.29, 1.82) is 0 Å². The van der Waals surface area contributed by atoms with E-state index in [2.05, 4.69) is 22.0 Å². The van der Waals surface area contributed by atoms with E-state index >= 15 is 0 Å². The third kappa shape index (κ3) is 3.45. The number of ether oxygens (including phenoxy) is 1. The largest absolute Gasteiger partial charge is 0.377 e. The van der Waals surface area contributed by atoms with E-state index in [1.165, 1.54) is 0 Å². The number of anilines is 1. The lowest BCUT2D eigenvalue weighted by molar-refractivity contribution is -0.160. The zero-order chi connectivity index (χ0) is 22.7. The summed E-state index contributed by atoms with van der Waals surface area (Å²) in [4.78, 5) is 21.9. The normalized spacial score (nSPS) is 22.9. The molecule has 6 rings (SSSR count). The van der Waals surface area contributed by atoms with Crippen molar-refractivity contribution in [2.24, 2.45) is 5.92 Å². The Morgan fingerprint density at radius 3 is 2.85 bits per heavy atom. The Hall–Kier alpha value is -3.08. The number of rotatable bonds is 3. The highest BCUT2D eigenvalue weighted by atomic mass is 19.3. The van der Waals surface area contributed by atoms with Crippen LogP contribution in [-0.4, -0.2) is 74.0 Å². The maximum absolute atomic E-state index is 13.4. The quantitative estimate of drug-likeness (QED) is 0.650. The van der Waals surface area contributed by atoms with Gasteiger partial charge in [0, 0.05) is 50.2 Å². The van der Waals surface area contributed by atoms with E-state index < -0.39 is 11.8 Å². The van der Waals surface area contributed by atoms with Crippen molar-refractivity contribution in [1.82, 2.24) is 29.9 Å². The second kappa shape index (κ2) is 7.47. The SMILES string of the molecule is C[C@@H]1COCCN1c1cc2c3c(n1)c(-c1ccn[nH]1)nn3CCN(C(=O)C1CC(F)(F)C1)C2. The van der Waals surface area contributed by atoms with Gasteiger partial charge < -0.3 is 14.5 Å². The number of nitrogens with one attached hydrogen (secondary N) is 1. The van der Waals surface area contributed by atoms with E-state index in [0.29, 0.717) is 45.1 Å². The van der Waals surface area contributed by atoms with Crippen molar-refractivity contribution in [2.45, 2.75) is 44.8 Å². The van der Waals surface area contributed by atoms with Crippen LogP contribution in [0.4, 0.5) is 14.6 Å². The molecule has 33 heavy (non-hydrogen) atoms. The number of aromatic nitrogens is 5. The van der Waals surface area contributed by atoms with Crippen LogP contribution in [0.15, 0.2) is 18.3 Å². The second-order valence-electron chi connectivity index (χ2n) is 9.22. The Morgan fingerprint density at radius 1 is 1.27 bits per heavy atom. The highest BCUT2D eigenvalue weighted by Gasteiger charge is 2.50. The van der Waals surface area contributed by atoms with Crippen molar-refractivity contribution in [3.8, 4) is 11.4 Å².